The molecule has 0 aliphatic heterocycles. The SMILES string of the molecule is Cn1nc(-c2ccncc2)c2scc(-c3ccc(F)cc3)c2c1=O. The lowest BCUT2D eigenvalue weighted by atomic mass is 10.0. The fraction of sp³-hybridized carbons (Fsp3) is 0.0556. The molecule has 118 valence electrons. The van der Waals surface area contributed by atoms with Crippen LogP contribution in [0.1, 0.15) is 0 Å². The number of hydrogen-bond acceptors (Lipinski definition) is 4. The van der Waals surface area contributed by atoms with E-state index in [9.17, 15) is 9.18 Å². The van der Waals surface area contributed by atoms with Gasteiger partial charge >= 0.3 is 0 Å². The first-order chi connectivity index (χ1) is 11.6. The van der Waals surface area contributed by atoms with Crippen molar-refractivity contribution in [2.45, 2.75) is 0 Å². The molecule has 0 fully saturated rings. The lowest BCUT2D eigenvalue weighted by Crippen LogP contribution is -2.20. The van der Waals surface area contributed by atoms with Gasteiger partial charge in [-0.05, 0) is 29.8 Å². The first-order valence-corrected chi connectivity index (χ1v) is 8.18. The van der Waals surface area contributed by atoms with Crippen LogP contribution in [0, 0.1) is 5.82 Å². The molecule has 0 amide bonds. The van der Waals surface area contributed by atoms with Gasteiger partial charge in [-0.2, -0.15) is 5.10 Å². The monoisotopic (exact) mass is 337 g/mol. The highest BCUT2D eigenvalue weighted by Crippen LogP contribution is 2.36. The number of halogens is 1. The first kappa shape index (κ1) is 14.7. The zero-order valence-electron chi connectivity index (χ0n) is 12.7. The van der Waals surface area contributed by atoms with Crippen molar-refractivity contribution in [2.75, 3.05) is 0 Å². The van der Waals surface area contributed by atoms with Crippen molar-refractivity contribution in [1.82, 2.24) is 14.8 Å². The van der Waals surface area contributed by atoms with Gasteiger partial charge in [0, 0.05) is 35.9 Å². The van der Waals surface area contributed by atoms with E-state index in [4.69, 9.17) is 0 Å². The Morgan fingerprint density at radius 1 is 1.04 bits per heavy atom. The number of hydrogen-bond donors (Lipinski definition) is 0. The topological polar surface area (TPSA) is 47.8 Å². The third kappa shape index (κ3) is 2.32. The average Bonchev–Trinajstić information content (AvgIpc) is 3.05. The largest absolute Gasteiger partial charge is 0.275 e. The standard InChI is InChI=1S/C18H12FN3OS/c1-22-18(23)15-14(11-2-4-13(19)5-3-11)10-24-17(15)16(21-22)12-6-8-20-9-7-12/h2-10H,1H3. The van der Waals surface area contributed by atoms with Crippen LogP contribution in [0.2, 0.25) is 0 Å². The van der Waals surface area contributed by atoms with Gasteiger partial charge in [0.05, 0.1) is 10.1 Å². The van der Waals surface area contributed by atoms with Crippen molar-refractivity contribution in [1.29, 1.82) is 0 Å². The van der Waals surface area contributed by atoms with E-state index in [-0.39, 0.29) is 11.4 Å². The Hall–Kier alpha value is -2.86. The second-order valence-electron chi connectivity index (χ2n) is 5.37. The zero-order valence-corrected chi connectivity index (χ0v) is 13.5. The van der Waals surface area contributed by atoms with E-state index in [1.54, 1.807) is 31.6 Å². The molecule has 1 aromatic carbocycles. The van der Waals surface area contributed by atoms with E-state index in [2.05, 4.69) is 10.1 Å². The smallest absolute Gasteiger partial charge is 0.267 e. The van der Waals surface area contributed by atoms with Gasteiger partial charge in [0.15, 0.2) is 0 Å². The summed E-state index contributed by atoms with van der Waals surface area (Å²) in [7, 11) is 1.64. The first-order valence-electron chi connectivity index (χ1n) is 7.30. The quantitative estimate of drug-likeness (QED) is 0.558. The van der Waals surface area contributed by atoms with Crippen molar-refractivity contribution in [2.24, 2.45) is 7.05 Å². The van der Waals surface area contributed by atoms with Crippen LogP contribution in [0.15, 0.2) is 59.0 Å². The summed E-state index contributed by atoms with van der Waals surface area (Å²) < 4.78 is 15.4. The lowest BCUT2D eigenvalue weighted by Gasteiger charge is -2.06. The molecule has 0 atom stereocenters. The third-order valence-electron chi connectivity index (χ3n) is 3.87. The summed E-state index contributed by atoms with van der Waals surface area (Å²) in [6.07, 6.45) is 3.39. The van der Waals surface area contributed by atoms with E-state index in [0.717, 1.165) is 27.1 Å². The van der Waals surface area contributed by atoms with Crippen LogP contribution in [0.4, 0.5) is 4.39 Å². The van der Waals surface area contributed by atoms with Crippen molar-refractivity contribution < 1.29 is 4.39 Å². The average molecular weight is 337 g/mol. The van der Waals surface area contributed by atoms with E-state index in [1.807, 2.05) is 17.5 Å². The highest BCUT2D eigenvalue weighted by molar-refractivity contribution is 7.18. The molecule has 0 radical (unpaired) electrons. The number of thiophene rings is 1. The summed E-state index contributed by atoms with van der Waals surface area (Å²) in [6, 6.07) is 9.89. The van der Waals surface area contributed by atoms with Gasteiger partial charge in [-0.15, -0.1) is 11.3 Å². The number of rotatable bonds is 2. The molecule has 6 heteroatoms. The molecule has 3 heterocycles. The summed E-state index contributed by atoms with van der Waals surface area (Å²) in [5.74, 6) is -0.301. The molecule has 0 spiro atoms. The molecule has 0 unspecified atom stereocenters. The molecule has 0 N–H and O–H groups in total. The minimum absolute atomic E-state index is 0.164. The predicted octanol–water partition coefficient (Wildman–Crippen LogP) is 3.86. The predicted molar refractivity (Wildman–Crippen MR) is 93.5 cm³/mol. The molecule has 0 saturated carbocycles. The van der Waals surface area contributed by atoms with Crippen molar-refractivity contribution in [3.63, 3.8) is 0 Å². The van der Waals surface area contributed by atoms with E-state index >= 15 is 0 Å². The minimum atomic E-state index is -0.301. The maximum atomic E-state index is 13.2. The van der Waals surface area contributed by atoms with Crippen LogP contribution in [-0.4, -0.2) is 14.8 Å². The third-order valence-corrected chi connectivity index (χ3v) is 4.86. The van der Waals surface area contributed by atoms with Gasteiger partial charge in [0.2, 0.25) is 0 Å². The maximum absolute atomic E-state index is 13.2. The van der Waals surface area contributed by atoms with Gasteiger partial charge in [-0.3, -0.25) is 9.78 Å². The number of aromatic nitrogens is 3. The van der Waals surface area contributed by atoms with Crippen LogP contribution in [0.5, 0.6) is 0 Å². The summed E-state index contributed by atoms with van der Waals surface area (Å²) in [5.41, 5.74) is 3.09. The zero-order chi connectivity index (χ0) is 16.7. The van der Waals surface area contributed by atoms with Crippen LogP contribution in [0.3, 0.4) is 0 Å². The molecule has 3 aromatic heterocycles. The van der Waals surface area contributed by atoms with E-state index < -0.39 is 0 Å². The Balaban J connectivity index is 2.04. The van der Waals surface area contributed by atoms with E-state index in [0.29, 0.717) is 5.39 Å². The molecule has 4 rings (SSSR count). The van der Waals surface area contributed by atoms with E-state index in [1.165, 1.54) is 28.2 Å². The molecule has 0 aliphatic rings. The highest BCUT2D eigenvalue weighted by Gasteiger charge is 2.17. The Morgan fingerprint density at radius 3 is 2.46 bits per heavy atom. The van der Waals surface area contributed by atoms with Gasteiger partial charge in [-0.25, -0.2) is 9.07 Å². The molecule has 4 aromatic rings. The Labute approximate surface area is 140 Å². The van der Waals surface area contributed by atoms with Gasteiger partial charge in [-0.1, -0.05) is 12.1 Å². The Morgan fingerprint density at radius 2 is 1.75 bits per heavy atom. The highest BCUT2D eigenvalue weighted by atomic mass is 32.1. The van der Waals surface area contributed by atoms with Crippen LogP contribution < -0.4 is 5.56 Å². The number of pyridine rings is 1. The van der Waals surface area contributed by atoms with Gasteiger partial charge in [0.25, 0.3) is 5.56 Å². The summed E-state index contributed by atoms with van der Waals surface area (Å²) in [5, 5.41) is 6.95. The molecular weight excluding hydrogens is 325 g/mol. The summed E-state index contributed by atoms with van der Waals surface area (Å²) in [4.78, 5) is 16.7. The number of aryl methyl sites for hydroxylation is 1. The summed E-state index contributed by atoms with van der Waals surface area (Å²) >= 11 is 1.47. The lowest BCUT2D eigenvalue weighted by molar-refractivity contribution is 0.628. The fourth-order valence-electron chi connectivity index (χ4n) is 2.69. The Bertz CT molecular complexity index is 1090. The molecule has 0 saturated heterocycles. The van der Waals surface area contributed by atoms with Crippen LogP contribution in [0.25, 0.3) is 32.5 Å². The maximum Gasteiger partial charge on any atom is 0.275 e. The second-order valence-corrected chi connectivity index (χ2v) is 6.25. The van der Waals surface area contributed by atoms with Crippen molar-refractivity contribution in [3.8, 4) is 22.4 Å². The molecule has 24 heavy (non-hydrogen) atoms. The summed E-state index contributed by atoms with van der Waals surface area (Å²) in [6.45, 7) is 0. The van der Waals surface area contributed by atoms with Gasteiger partial charge < -0.3 is 0 Å². The van der Waals surface area contributed by atoms with Gasteiger partial charge in [0.1, 0.15) is 11.5 Å². The minimum Gasteiger partial charge on any atom is -0.267 e. The molecule has 4 nitrogen and oxygen atoms in total. The molecule has 0 bridgehead atoms. The van der Waals surface area contributed by atoms with Crippen molar-refractivity contribution in [3.05, 3.63) is 70.3 Å². The Kier molecular flexibility index (Phi) is 3.46. The van der Waals surface area contributed by atoms with Crippen LogP contribution >= 0.6 is 11.3 Å². The fourth-order valence-corrected chi connectivity index (χ4v) is 3.76. The number of fused-ring (bicyclic) bond motifs is 1. The second kappa shape index (κ2) is 5.65. The molecule has 0 aliphatic carbocycles. The normalized spacial score (nSPS) is 11.1. The molecular formula is C18H12FN3OS. The van der Waals surface area contributed by atoms with Crippen molar-refractivity contribution >= 4 is 21.4 Å². The van der Waals surface area contributed by atoms with Crippen LogP contribution in [-0.2, 0) is 7.05 Å². The number of nitrogens with zero attached hydrogens (tertiary/aromatic N) is 3. The number of benzene rings is 1.